The van der Waals surface area contributed by atoms with Crippen molar-refractivity contribution >= 4 is 34.8 Å². The first-order valence-corrected chi connectivity index (χ1v) is 7.71. The second-order valence-electron chi connectivity index (χ2n) is 4.96. The summed E-state index contributed by atoms with van der Waals surface area (Å²) in [6, 6.07) is 4.62. The van der Waals surface area contributed by atoms with Crippen LogP contribution in [0.2, 0.25) is 10.0 Å². The molecule has 0 aliphatic rings. The number of benzene rings is 1. The van der Waals surface area contributed by atoms with Gasteiger partial charge in [-0.2, -0.15) is 5.10 Å². The van der Waals surface area contributed by atoms with Gasteiger partial charge in [0.1, 0.15) is 17.3 Å². The third-order valence-corrected chi connectivity index (χ3v) is 3.76. The molecule has 0 saturated heterocycles. The second-order valence-corrected chi connectivity index (χ2v) is 5.81. The smallest absolute Gasteiger partial charge is 0.274 e. The van der Waals surface area contributed by atoms with Gasteiger partial charge in [-0.3, -0.25) is 4.79 Å². The van der Waals surface area contributed by atoms with Crippen LogP contribution >= 0.6 is 23.2 Å². The number of aromatic hydroxyl groups is 1. The summed E-state index contributed by atoms with van der Waals surface area (Å²) in [5.74, 6) is 0.646. The monoisotopic (exact) mass is 354 g/mol. The molecule has 0 atom stereocenters. The van der Waals surface area contributed by atoms with Crippen molar-refractivity contribution in [2.24, 2.45) is 5.10 Å². The molecule has 2 aromatic rings. The molecule has 1 aromatic carbocycles. The van der Waals surface area contributed by atoms with E-state index in [4.69, 9.17) is 27.6 Å². The van der Waals surface area contributed by atoms with Gasteiger partial charge in [0, 0.05) is 10.6 Å². The van der Waals surface area contributed by atoms with Crippen LogP contribution in [0.15, 0.2) is 27.7 Å². The molecule has 0 aliphatic heterocycles. The van der Waals surface area contributed by atoms with Crippen LogP contribution in [0.25, 0.3) is 0 Å². The molecule has 7 heteroatoms. The van der Waals surface area contributed by atoms with Gasteiger partial charge in [-0.05, 0) is 38.5 Å². The Morgan fingerprint density at radius 3 is 2.52 bits per heavy atom. The van der Waals surface area contributed by atoms with Crippen molar-refractivity contribution in [3.63, 3.8) is 0 Å². The molecule has 0 unspecified atom stereocenters. The predicted molar refractivity (Wildman–Crippen MR) is 90.6 cm³/mol. The number of carbonyl (C=O) groups is 1. The largest absolute Gasteiger partial charge is 0.506 e. The first kappa shape index (κ1) is 17.4. The zero-order chi connectivity index (χ0) is 17.1. The lowest BCUT2D eigenvalue weighted by molar-refractivity contribution is 0.0953. The van der Waals surface area contributed by atoms with Crippen molar-refractivity contribution in [1.29, 1.82) is 0 Å². The highest BCUT2D eigenvalue weighted by atomic mass is 35.5. The van der Waals surface area contributed by atoms with E-state index in [1.807, 2.05) is 6.92 Å². The Morgan fingerprint density at radius 1 is 1.26 bits per heavy atom. The number of hydrazone groups is 1. The zero-order valence-electron chi connectivity index (χ0n) is 12.9. The van der Waals surface area contributed by atoms with E-state index in [9.17, 15) is 9.90 Å². The second kappa shape index (κ2) is 7.06. The highest BCUT2D eigenvalue weighted by Crippen LogP contribution is 2.32. The van der Waals surface area contributed by atoms with E-state index in [0.717, 1.165) is 0 Å². The number of rotatable bonds is 4. The molecular weight excluding hydrogens is 339 g/mol. The Balaban J connectivity index is 2.30. The number of halogens is 2. The normalized spacial score (nSPS) is 11.6. The number of phenolic OH excluding ortho intramolecular Hbond substituents is 1. The van der Waals surface area contributed by atoms with Crippen molar-refractivity contribution in [2.75, 3.05) is 0 Å². The standard InChI is InChI=1S/C16H16Cl2N2O3/c1-4-14(12-6-10(17)7-13(18)15(12)21)19-20-16(22)11-5-8(2)23-9(11)3/h5-7,21H,4H2,1-3H3,(H,20,22). The fraction of sp³-hybridized carbons (Fsp3) is 0.250. The highest BCUT2D eigenvalue weighted by molar-refractivity contribution is 6.36. The van der Waals surface area contributed by atoms with E-state index in [-0.39, 0.29) is 10.8 Å². The van der Waals surface area contributed by atoms with E-state index in [2.05, 4.69) is 10.5 Å². The lowest BCUT2D eigenvalue weighted by Crippen LogP contribution is -2.20. The van der Waals surface area contributed by atoms with Crippen molar-refractivity contribution in [2.45, 2.75) is 27.2 Å². The average molecular weight is 355 g/mol. The molecule has 1 amide bonds. The van der Waals surface area contributed by atoms with Crippen LogP contribution in [0.1, 0.15) is 40.8 Å². The molecule has 0 bridgehead atoms. The molecule has 1 heterocycles. The molecule has 2 rings (SSSR count). The summed E-state index contributed by atoms with van der Waals surface area (Å²) in [5.41, 5.74) is 3.71. The summed E-state index contributed by atoms with van der Waals surface area (Å²) < 4.78 is 5.32. The number of amides is 1. The summed E-state index contributed by atoms with van der Waals surface area (Å²) in [7, 11) is 0. The van der Waals surface area contributed by atoms with Crippen LogP contribution in [-0.2, 0) is 0 Å². The minimum absolute atomic E-state index is 0.124. The summed E-state index contributed by atoms with van der Waals surface area (Å²) in [5, 5.41) is 14.6. The lowest BCUT2D eigenvalue weighted by atomic mass is 10.1. The van der Waals surface area contributed by atoms with Gasteiger partial charge in [0.05, 0.1) is 16.3 Å². The molecule has 5 nitrogen and oxygen atoms in total. The minimum Gasteiger partial charge on any atom is -0.506 e. The van der Waals surface area contributed by atoms with Crippen LogP contribution in [0.5, 0.6) is 5.75 Å². The van der Waals surface area contributed by atoms with Gasteiger partial charge < -0.3 is 9.52 Å². The Morgan fingerprint density at radius 2 is 1.96 bits per heavy atom. The number of aryl methyl sites for hydroxylation is 2. The number of furan rings is 1. The van der Waals surface area contributed by atoms with Crippen LogP contribution in [-0.4, -0.2) is 16.7 Å². The Kier molecular flexibility index (Phi) is 5.34. The summed E-state index contributed by atoms with van der Waals surface area (Å²) in [4.78, 5) is 12.2. The van der Waals surface area contributed by atoms with Crippen LogP contribution < -0.4 is 5.43 Å². The maximum Gasteiger partial charge on any atom is 0.274 e. The van der Waals surface area contributed by atoms with Gasteiger partial charge in [-0.1, -0.05) is 30.1 Å². The molecule has 2 N–H and O–H groups in total. The quantitative estimate of drug-likeness (QED) is 0.628. The fourth-order valence-electron chi connectivity index (χ4n) is 2.15. The van der Waals surface area contributed by atoms with Gasteiger partial charge >= 0.3 is 0 Å². The van der Waals surface area contributed by atoms with Gasteiger partial charge in [0.15, 0.2) is 0 Å². The molecule has 23 heavy (non-hydrogen) atoms. The van der Waals surface area contributed by atoms with E-state index in [1.54, 1.807) is 26.0 Å². The number of nitrogens with zero attached hydrogens (tertiary/aromatic N) is 1. The number of hydrogen-bond donors (Lipinski definition) is 2. The van der Waals surface area contributed by atoms with Crippen molar-refractivity contribution in [1.82, 2.24) is 5.43 Å². The first-order valence-electron chi connectivity index (χ1n) is 6.95. The summed E-state index contributed by atoms with van der Waals surface area (Å²) in [6.07, 6.45) is 0.466. The lowest BCUT2D eigenvalue weighted by Gasteiger charge is -2.09. The summed E-state index contributed by atoms with van der Waals surface area (Å²) in [6.45, 7) is 5.30. The molecule has 0 aliphatic carbocycles. The maximum atomic E-state index is 12.2. The van der Waals surface area contributed by atoms with Crippen molar-refractivity contribution in [3.8, 4) is 5.75 Å². The van der Waals surface area contributed by atoms with Crippen molar-refractivity contribution < 1.29 is 14.3 Å². The predicted octanol–water partition coefficient (Wildman–Crippen LogP) is 4.45. The molecule has 0 spiro atoms. The number of nitrogens with one attached hydrogen (secondary N) is 1. The fourth-order valence-corrected chi connectivity index (χ4v) is 2.64. The van der Waals surface area contributed by atoms with Crippen LogP contribution in [0.4, 0.5) is 0 Å². The van der Waals surface area contributed by atoms with Crippen molar-refractivity contribution in [3.05, 3.63) is 50.9 Å². The van der Waals surface area contributed by atoms with Gasteiger partial charge in [-0.25, -0.2) is 5.43 Å². The van der Waals surface area contributed by atoms with Crippen LogP contribution in [0, 0.1) is 13.8 Å². The van der Waals surface area contributed by atoms with E-state index in [1.165, 1.54) is 6.07 Å². The zero-order valence-corrected chi connectivity index (χ0v) is 14.4. The minimum atomic E-state index is -0.391. The molecule has 1 aromatic heterocycles. The third-order valence-electron chi connectivity index (χ3n) is 3.25. The average Bonchev–Trinajstić information content (AvgIpc) is 2.83. The number of hydrogen-bond acceptors (Lipinski definition) is 4. The van der Waals surface area contributed by atoms with Crippen LogP contribution in [0.3, 0.4) is 0 Å². The Bertz CT molecular complexity index is 782. The molecule has 0 saturated carbocycles. The SMILES string of the molecule is CCC(=NNC(=O)c1cc(C)oc1C)c1cc(Cl)cc(Cl)c1O. The third kappa shape index (κ3) is 3.86. The topological polar surface area (TPSA) is 74.8 Å². The Labute approximate surface area is 143 Å². The number of carbonyl (C=O) groups excluding carboxylic acids is 1. The molecule has 0 fully saturated rings. The molecule has 122 valence electrons. The van der Waals surface area contributed by atoms with E-state index < -0.39 is 5.91 Å². The summed E-state index contributed by atoms with van der Waals surface area (Å²) >= 11 is 11.9. The van der Waals surface area contributed by atoms with Gasteiger partial charge in [0.2, 0.25) is 0 Å². The number of phenols is 1. The van der Waals surface area contributed by atoms with Gasteiger partial charge in [-0.15, -0.1) is 0 Å². The molecular formula is C16H16Cl2N2O3. The maximum absolute atomic E-state index is 12.2. The molecule has 0 radical (unpaired) electrons. The van der Waals surface area contributed by atoms with E-state index in [0.29, 0.717) is 39.8 Å². The van der Waals surface area contributed by atoms with Gasteiger partial charge in [0.25, 0.3) is 5.91 Å². The first-order chi connectivity index (χ1) is 10.8. The van der Waals surface area contributed by atoms with E-state index >= 15 is 0 Å². The Hall–Kier alpha value is -1.98. The highest BCUT2D eigenvalue weighted by Gasteiger charge is 2.15.